The summed E-state index contributed by atoms with van der Waals surface area (Å²) in [5.74, 6) is 3.52. The van der Waals surface area contributed by atoms with Crippen LogP contribution in [0.2, 0.25) is 0 Å². The monoisotopic (exact) mass is 1090 g/mol. The molecule has 0 aliphatic carbocycles. The molecule has 0 N–H and O–H groups in total. The SMILES string of the molecule is c1ccc(-c2cccc(-c3c4ccccc4c(-c4ccc5c(c4)Oc4cccc6c(-c7ccc(-c8ccc(-c9c%10ccccc%10c(-c%10ccc%11c(c%10)Oc%10cccc%12cccc-%11c%10%12)c%10ccccc9%10)cc8)cc7)ccc-5c46)c4ccccc34)c2)cc1. The highest BCUT2D eigenvalue weighted by Gasteiger charge is 2.26. The summed E-state index contributed by atoms with van der Waals surface area (Å²) in [4.78, 5) is 0. The molecule has 0 unspecified atom stereocenters. The van der Waals surface area contributed by atoms with Crippen LogP contribution in [0.5, 0.6) is 23.0 Å². The van der Waals surface area contributed by atoms with Gasteiger partial charge in [0.2, 0.25) is 0 Å². The van der Waals surface area contributed by atoms with E-state index in [9.17, 15) is 0 Å². The molecule has 2 aliphatic rings. The van der Waals surface area contributed by atoms with Gasteiger partial charge in [-0.3, -0.25) is 0 Å². The van der Waals surface area contributed by atoms with Crippen molar-refractivity contribution in [1.29, 1.82) is 0 Å². The molecule has 86 heavy (non-hydrogen) atoms. The van der Waals surface area contributed by atoms with Gasteiger partial charge in [-0.15, -0.1) is 0 Å². The lowest BCUT2D eigenvalue weighted by Gasteiger charge is -2.24. The molecule has 0 spiro atoms. The van der Waals surface area contributed by atoms with E-state index in [-0.39, 0.29) is 0 Å². The van der Waals surface area contributed by atoms with Gasteiger partial charge in [0.1, 0.15) is 23.0 Å². The quantitative estimate of drug-likeness (QED) is 0.148. The largest absolute Gasteiger partial charge is 0.456 e. The first-order valence-electron chi connectivity index (χ1n) is 29.6. The van der Waals surface area contributed by atoms with E-state index in [1.807, 2.05) is 0 Å². The lowest BCUT2D eigenvalue weighted by Crippen LogP contribution is -1.99. The van der Waals surface area contributed by atoms with Gasteiger partial charge in [-0.2, -0.15) is 0 Å². The zero-order valence-corrected chi connectivity index (χ0v) is 46.7. The number of hydrogen-bond acceptors (Lipinski definition) is 2. The molecule has 0 bridgehead atoms. The van der Waals surface area contributed by atoms with Crippen molar-refractivity contribution in [1.82, 2.24) is 0 Å². The van der Waals surface area contributed by atoms with Gasteiger partial charge in [0.25, 0.3) is 0 Å². The molecular formula is C84H50O2. The van der Waals surface area contributed by atoms with E-state index in [0.717, 1.165) is 56.2 Å². The highest BCUT2D eigenvalue weighted by molar-refractivity contribution is 6.23. The molecule has 18 rings (SSSR count). The van der Waals surface area contributed by atoms with Crippen LogP contribution >= 0.6 is 0 Å². The Bertz CT molecular complexity index is 5380. The molecule has 2 nitrogen and oxygen atoms in total. The second-order valence-corrected chi connectivity index (χ2v) is 22.9. The minimum Gasteiger partial charge on any atom is -0.456 e. The van der Waals surface area contributed by atoms with Gasteiger partial charge in [0.15, 0.2) is 0 Å². The Morgan fingerprint density at radius 3 is 1.03 bits per heavy atom. The third-order valence-corrected chi connectivity index (χ3v) is 18.3. The van der Waals surface area contributed by atoms with Gasteiger partial charge in [-0.05, 0) is 185 Å². The molecular weight excluding hydrogens is 1040 g/mol. The highest BCUT2D eigenvalue weighted by Crippen LogP contribution is 2.53. The van der Waals surface area contributed by atoms with Crippen molar-refractivity contribution in [2.24, 2.45) is 0 Å². The predicted molar refractivity (Wildman–Crippen MR) is 361 cm³/mol. The summed E-state index contributed by atoms with van der Waals surface area (Å²) in [5, 5.41) is 14.4. The van der Waals surface area contributed by atoms with Gasteiger partial charge >= 0.3 is 0 Å². The normalized spacial score (nSPS) is 12.1. The van der Waals surface area contributed by atoms with E-state index in [1.165, 1.54) is 132 Å². The maximum atomic E-state index is 7.00. The maximum absolute atomic E-state index is 7.00. The Morgan fingerprint density at radius 1 is 0.163 bits per heavy atom. The van der Waals surface area contributed by atoms with Crippen LogP contribution in [0.15, 0.2) is 303 Å². The van der Waals surface area contributed by atoms with Gasteiger partial charge in [-0.1, -0.05) is 261 Å². The first kappa shape index (κ1) is 48.2. The molecule has 16 aromatic carbocycles. The van der Waals surface area contributed by atoms with E-state index in [1.54, 1.807) is 0 Å². The van der Waals surface area contributed by atoms with Crippen molar-refractivity contribution in [3.63, 3.8) is 0 Å². The Morgan fingerprint density at radius 2 is 0.500 bits per heavy atom. The van der Waals surface area contributed by atoms with Crippen LogP contribution in [-0.2, 0) is 0 Å². The van der Waals surface area contributed by atoms with Crippen LogP contribution in [0.25, 0.3) is 165 Å². The number of ether oxygens (including phenoxy) is 2. The lowest BCUT2D eigenvalue weighted by atomic mass is 9.84. The van der Waals surface area contributed by atoms with Crippen molar-refractivity contribution in [3.05, 3.63) is 303 Å². The van der Waals surface area contributed by atoms with Crippen molar-refractivity contribution >= 4 is 64.6 Å². The first-order valence-corrected chi connectivity index (χ1v) is 29.6. The van der Waals surface area contributed by atoms with Crippen LogP contribution < -0.4 is 9.47 Å². The number of fused-ring (bicyclic) bond motifs is 8. The number of hydrogen-bond donors (Lipinski definition) is 0. The van der Waals surface area contributed by atoms with Crippen molar-refractivity contribution in [2.75, 3.05) is 0 Å². The topological polar surface area (TPSA) is 18.5 Å². The third-order valence-electron chi connectivity index (χ3n) is 18.3. The minimum absolute atomic E-state index is 0.864. The molecule has 0 aromatic heterocycles. The maximum Gasteiger partial charge on any atom is 0.135 e. The summed E-state index contributed by atoms with van der Waals surface area (Å²) < 4.78 is 13.7. The molecule has 398 valence electrons. The fourth-order valence-electron chi connectivity index (χ4n) is 14.4. The van der Waals surface area contributed by atoms with Gasteiger partial charge in [-0.25, -0.2) is 0 Å². The van der Waals surface area contributed by atoms with Gasteiger partial charge < -0.3 is 9.47 Å². The molecule has 2 heterocycles. The average Bonchev–Trinajstić information content (AvgIpc) is 1.04. The van der Waals surface area contributed by atoms with Crippen molar-refractivity contribution < 1.29 is 9.47 Å². The Balaban J connectivity index is 0.664. The van der Waals surface area contributed by atoms with E-state index >= 15 is 0 Å². The van der Waals surface area contributed by atoms with Gasteiger partial charge in [0.05, 0.1) is 0 Å². The number of benzene rings is 16. The molecule has 2 aliphatic heterocycles. The lowest BCUT2D eigenvalue weighted by molar-refractivity contribution is 0.487. The first-order chi connectivity index (χ1) is 42.6. The van der Waals surface area contributed by atoms with E-state index in [0.29, 0.717) is 0 Å². The number of rotatable bonds is 7. The summed E-state index contributed by atoms with van der Waals surface area (Å²) in [6.07, 6.45) is 0. The average molecular weight is 1090 g/mol. The molecule has 0 saturated heterocycles. The summed E-state index contributed by atoms with van der Waals surface area (Å²) in [7, 11) is 0. The predicted octanol–water partition coefficient (Wildman–Crippen LogP) is 23.8. The Hall–Kier alpha value is -11.3. The van der Waals surface area contributed by atoms with Crippen LogP contribution in [0.4, 0.5) is 0 Å². The Kier molecular flexibility index (Phi) is 10.7. The van der Waals surface area contributed by atoms with Gasteiger partial charge in [0, 0.05) is 21.9 Å². The van der Waals surface area contributed by atoms with E-state index < -0.39 is 0 Å². The molecule has 0 saturated carbocycles. The van der Waals surface area contributed by atoms with Crippen LogP contribution in [0, 0.1) is 0 Å². The summed E-state index contributed by atoms with van der Waals surface area (Å²) in [6.45, 7) is 0. The van der Waals surface area contributed by atoms with Crippen LogP contribution in [-0.4, -0.2) is 0 Å². The summed E-state index contributed by atoms with van der Waals surface area (Å²) in [6, 6.07) is 111. The zero-order valence-electron chi connectivity index (χ0n) is 46.7. The second-order valence-electron chi connectivity index (χ2n) is 22.9. The summed E-state index contributed by atoms with van der Waals surface area (Å²) in [5.41, 5.74) is 21.3. The van der Waals surface area contributed by atoms with E-state index in [4.69, 9.17) is 9.47 Å². The molecule has 0 atom stereocenters. The fourth-order valence-corrected chi connectivity index (χ4v) is 14.4. The molecule has 0 radical (unpaired) electrons. The third kappa shape index (κ3) is 7.46. The van der Waals surface area contributed by atoms with Crippen LogP contribution in [0.1, 0.15) is 0 Å². The highest BCUT2D eigenvalue weighted by atomic mass is 16.5. The molecule has 0 amide bonds. The second kappa shape index (κ2) is 19.1. The fraction of sp³-hybridized carbons (Fsp3) is 0. The smallest absolute Gasteiger partial charge is 0.135 e. The zero-order chi connectivity index (χ0) is 56.4. The minimum atomic E-state index is 0.864. The van der Waals surface area contributed by atoms with E-state index in [2.05, 4.69) is 303 Å². The summed E-state index contributed by atoms with van der Waals surface area (Å²) >= 11 is 0. The molecule has 2 heteroatoms. The standard InChI is InChI=1S/C84H50O2/c1-2-16-51(17-3-1)57-20-12-21-58(48-57)80-70-26-8-10-28-72(70)82(73-29-11-9-27-71(73)80)60-43-45-63-74-47-46-61(64-31-15-33-76(84(64)74)86-78(63)50-60)54-38-34-52(35-39-54)53-36-40-56(41-37-53)79-66-22-4-6-24-68(66)81(69-25-7-5-23-67(69)79)59-42-44-62-65-30-13-18-55-19-14-32-75(83(55)65)85-77(62)49-59/h1-50H. The molecule has 16 aromatic rings. The Labute approximate surface area is 497 Å². The van der Waals surface area contributed by atoms with Crippen molar-refractivity contribution in [2.45, 2.75) is 0 Å². The molecule has 0 fully saturated rings. The van der Waals surface area contributed by atoms with Crippen LogP contribution in [0.3, 0.4) is 0 Å². The van der Waals surface area contributed by atoms with Crippen molar-refractivity contribution in [3.8, 4) is 123 Å².